The summed E-state index contributed by atoms with van der Waals surface area (Å²) in [5.74, 6) is 0. The lowest BCUT2D eigenvalue weighted by atomic mass is 10.1. The van der Waals surface area contributed by atoms with Crippen LogP contribution in [0.15, 0.2) is 18.6 Å². The van der Waals surface area contributed by atoms with Crippen LogP contribution in [0.4, 0.5) is 11.4 Å². The molecule has 0 saturated heterocycles. The van der Waals surface area contributed by atoms with E-state index in [0.717, 1.165) is 0 Å². The van der Waals surface area contributed by atoms with Gasteiger partial charge in [0.25, 0.3) is 5.69 Å². The average molecular weight is 233 g/mol. The standard InChI is InChI=1S/C10H11N5O2/c1-6-7(3-12-5-9(6)15(16)17)10-8(11)4-13-14(10)2/h3-5H,11H2,1-2H3. The molecule has 7 heteroatoms. The first-order valence-corrected chi connectivity index (χ1v) is 4.89. The molecule has 0 aromatic carbocycles. The summed E-state index contributed by atoms with van der Waals surface area (Å²) >= 11 is 0. The number of nitrogens with zero attached hydrogens (tertiary/aromatic N) is 4. The van der Waals surface area contributed by atoms with Crippen LogP contribution in [-0.2, 0) is 7.05 Å². The van der Waals surface area contributed by atoms with Gasteiger partial charge in [-0.05, 0) is 6.92 Å². The van der Waals surface area contributed by atoms with Crippen LogP contribution >= 0.6 is 0 Å². The molecule has 2 rings (SSSR count). The van der Waals surface area contributed by atoms with Gasteiger partial charge < -0.3 is 5.73 Å². The van der Waals surface area contributed by atoms with E-state index in [4.69, 9.17) is 5.73 Å². The molecule has 17 heavy (non-hydrogen) atoms. The second kappa shape index (κ2) is 3.85. The molecule has 0 unspecified atom stereocenters. The number of nitrogen functional groups attached to an aromatic ring is 1. The summed E-state index contributed by atoms with van der Waals surface area (Å²) in [5, 5.41) is 14.8. The van der Waals surface area contributed by atoms with Crippen molar-refractivity contribution in [2.45, 2.75) is 6.92 Å². The molecule has 0 aliphatic heterocycles. The number of rotatable bonds is 2. The Labute approximate surface area is 97.0 Å². The van der Waals surface area contributed by atoms with E-state index in [0.29, 0.717) is 22.5 Å². The van der Waals surface area contributed by atoms with Crippen molar-refractivity contribution in [3.63, 3.8) is 0 Å². The van der Waals surface area contributed by atoms with E-state index in [1.807, 2.05) is 0 Å². The lowest BCUT2D eigenvalue weighted by Gasteiger charge is -2.07. The van der Waals surface area contributed by atoms with Crippen LogP contribution in [0, 0.1) is 17.0 Å². The molecule has 88 valence electrons. The molecule has 0 aliphatic carbocycles. The van der Waals surface area contributed by atoms with Crippen molar-refractivity contribution in [3.05, 3.63) is 34.3 Å². The summed E-state index contributed by atoms with van der Waals surface area (Å²) in [7, 11) is 1.73. The van der Waals surface area contributed by atoms with Crippen LogP contribution in [0.3, 0.4) is 0 Å². The summed E-state index contributed by atoms with van der Waals surface area (Å²) < 4.78 is 1.57. The fourth-order valence-corrected chi connectivity index (χ4v) is 1.72. The SMILES string of the molecule is Cc1c(-c2c(N)cnn2C)cncc1[N+](=O)[O-]. The smallest absolute Gasteiger partial charge is 0.291 e. The van der Waals surface area contributed by atoms with Gasteiger partial charge >= 0.3 is 0 Å². The molecule has 0 fully saturated rings. The van der Waals surface area contributed by atoms with E-state index in [1.165, 1.54) is 12.4 Å². The highest BCUT2D eigenvalue weighted by Gasteiger charge is 2.18. The van der Waals surface area contributed by atoms with E-state index < -0.39 is 4.92 Å². The van der Waals surface area contributed by atoms with Gasteiger partial charge in [-0.2, -0.15) is 5.10 Å². The van der Waals surface area contributed by atoms with Gasteiger partial charge in [0.15, 0.2) is 0 Å². The Balaban J connectivity index is 2.69. The molecule has 2 aromatic rings. The summed E-state index contributed by atoms with van der Waals surface area (Å²) in [4.78, 5) is 14.2. The van der Waals surface area contributed by atoms with Gasteiger partial charge in [0, 0.05) is 24.4 Å². The zero-order chi connectivity index (χ0) is 12.6. The Bertz CT molecular complexity index is 571. The topological polar surface area (TPSA) is 99.9 Å². The van der Waals surface area contributed by atoms with Crippen LogP contribution in [0.2, 0.25) is 0 Å². The van der Waals surface area contributed by atoms with Gasteiger partial charge in [-0.15, -0.1) is 0 Å². The van der Waals surface area contributed by atoms with Crippen LogP contribution in [0.5, 0.6) is 0 Å². The highest BCUT2D eigenvalue weighted by atomic mass is 16.6. The highest BCUT2D eigenvalue weighted by Crippen LogP contribution is 2.31. The largest absolute Gasteiger partial charge is 0.396 e. The second-order valence-electron chi connectivity index (χ2n) is 3.66. The molecular weight excluding hydrogens is 222 g/mol. The monoisotopic (exact) mass is 233 g/mol. The summed E-state index contributed by atoms with van der Waals surface area (Å²) in [6.07, 6.45) is 4.29. The first kappa shape index (κ1) is 11.1. The molecule has 0 saturated carbocycles. The first-order chi connectivity index (χ1) is 8.02. The van der Waals surface area contributed by atoms with Crippen molar-refractivity contribution >= 4 is 11.4 Å². The molecular formula is C10H11N5O2. The van der Waals surface area contributed by atoms with Gasteiger partial charge in [-0.1, -0.05) is 0 Å². The molecule has 2 N–H and O–H groups in total. The lowest BCUT2D eigenvalue weighted by molar-refractivity contribution is -0.385. The van der Waals surface area contributed by atoms with Gasteiger partial charge in [-0.25, -0.2) is 0 Å². The number of aryl methyl sites for hydroxylation is 1. The minimum Gasteiger partial charge on any atom is -0.396 e. The number of hydrogen-bond donors (Lipinski definition) is 1. The van der Waals surface area contributed by atoms with Crippen LogP contribution in [0.25, 0.3) is 11.3 Å². The van der Waals surface area contributed by atoms with Crippen LogP contribution in [0.1, 0.15) is 5.56 Å². The third kappa shape index (κ3) is 1.71. The fraction of sp³-hybridized carbons (Fsp3) is 0.200. The predicted octanol–water partition coefficient (Wildman–Crippen LogP) is 1.28. The molecule has 0 atom stereocenters. The van der Waals surface area contributed by atoms with E-state index in [2.05, 4.69) is 10.1 Å². The quantitative estimate of drug-likeness (QED) is 0.622. The normalized spacial score (nSPS) is 10.5. The van der Waals surface area contributed by atoms with Crippen molar-refractivity contribution in [2.75, 3.05) is 5.73 Å². The third-order valence-electron chi connectivity index (χ3n) is 2.61. The highest BCUT2D eigenvalue weighted by molar-refractivity contribution is 5.76. The average Bonchev–Trinajstić information content (AvgIpc) is 2.59. The summed E-state index contributed by atoms with van der Waals surface area (Å²) in [5.41, 5.74) is 8.02. The van der Waals surface area contributed by atoms with Crippen molar-refractivity contribution < 1.29 is 4.92 Å². The lowest BCUT2D eigenvalue weighted by Crippen LogP contribution is -2.01. The zero-order valence-electron chi connectivity index (χ0n) is 9.41. The maximum Gasteiger partial charge on any atom is 0.291 e. The third-order valence-corrected chi connectivity index (χ3v) is 2.61. The number of anilines is 1. The summed E-state index contributed by atoms with van der Waals surface area (Å²) in [6, 6.07) is 0. The molecule has 2 aromatic heterocycles. The van der Waals surface area contributed by atoms with E-state index in [1.54, 1.807) is 24.9 Å². The van der Waals surface area contributed by atoms with Gasteiger partial charge in [0.2, 0.25) is 0 Å². The molecule has 0 radical (unpaired) electrons. The van der Waals surface area contributed by atoms with Crippen molar-refractivity contribution in [3.8, 4) is 11.3 Å². The van der Waals surface area contributed by atoms with Gasteiger partial charge in [-0.3, -0.25) is 19.8 Å². The van der Waals surface area contributed by atoms with E-state index >= 15 is 0 Å². The number of nitrogens with two attached hydrogens (primary N) is 1. The van der Waals surface area contributed by atoms with Crippen molar-refractivity contribution in [1.82, 2.24) is 14.8 Å². The molecule has 0 amide bonds. The molecule has 0 aliphatic rings. The Morgan fingerprint density at radius 3 is 2.65 bits per heavy atom. The number of pyridine rings is 1. The molecule has 0 spiro atoms. The van der Waals surface area contributed by atoms with Crippen molar-refractivity contribution in [1.29, 1.82) is 0 Å². The zero-order valence-corrected chi connectivity index (χ0v) is 9.41. The van der Waals surface area contributed by atoms with Crippen LogP contribution < -0.4 is 5.73 Å². The Hall–Kier alpha value is -2.44. The number of aromatic nitrogens is 3. The maximum absolute atomic E-state index is 10.8. The summed E-state index contributed by atoms with van der Waals surface area (Å²) in [6.45, 7) is 1.67. The molecule has 7 nitrogen and oxygen atoms in total. The first-order valence-electron chi connectivity index (χ1n) is 4.89. The predicted molar refractivity (Wildman–Crippen MR) is 62.2 cm³/mol. The minimum absolute atomic E-state index is 0.0249. The fourth-order valence-electron chi connectivity index (χ4n) is 1.72. The molecule has 0 bridgehead atoms. The minimum atomic E-state index is -0.460. The Morgan fingerprint density at radius 2 is 2.12 bits per heavy atom. The number of nitro groups is 1. The maximum atomic E-state index is 10.8. The Morgan fingerprint density at radius 1 is 1.41 bits per heavy atom. The second-order valence-corrected chi connectivity index (χ2v) is 3.66. The van der Waals surface area contributed by atoms with E-state index in [9.17, 15) is 10.1 Å². The Kier molecular flexibility index (Phi) is 2.51. The van der Waals surface area contributed by atoms with Crippen molar-refractivity contribution in [2.24, 2.45) is 7.05 Å². The van der Waals surface area contributed by atoms with Gasteiger partial charge in [0.05, 0.1) is 22.5 Å². The van der Waals surface area contributed by atoms with Crippen LogP contribution in [-0.4, -0.2) is 19.7 Å². The van der Waals surface area contributed by atoms with Gasteiger partial charge in [0.1, 0.15) is 6.20 Å². The number of hydrogen-bond acceptors (Lipinski definition) is 5. The molecule has 2 heterocycles. The van der Waals surface area contributed by atoms with E-state index in [-0.39, 0.29) is 5.69 Å².